The van der Waals surface area contributed by atoms with Crippen LogP contribution >= 0.6 is 0 Å². The van der Waals surface area contributed by atoms with Gasteiger partial charge in [-0.3, -0.25) is 11.3 Å². The van der Waals surface area contributed by atoms with E-state index < -0.39 is 0 Å². The van der Waals surface area contributed by atoms with Crippen molar-refractivity contribution in [2.75, 3.05) is 7.11 Å². The van der Waals surface area contributed by atoms with E-state index in [4.69, 9.17) is 10.6 Å². The number of benzene rings is 1. The minimum absolute atomic E-state index is 0.127. The van der Waals surface area contributed by atoms with Gasteiger partial charge in [0, 0.05) is 7.11 Å². The van der Waals surface area contributed by atoms with Crippen LogP contribution in [0.25, 0.3) is 0 Å². The summed E-state index contributed by atoms with van der Waals surface area (Å²) in [6.45, 7) is 4.25. The highest BCUT2D eigenvalue weighted by molar-refractivity contribution is 5.35. The second kappa shape index (κ2) is 6.04. The van der Waals surface area contributed by atoms with E-state index >= 15 is 0 Å². The molecule has 0 saturated heterocycles. The van der Waals surface area contributed by atoms with Crippen molar-refractivity contribution < 1.29 is 4.74 Å². The van der Waals surface area contributed by atoms with Gasteiger partial charge >= 0.3 is 0 Å². The van der Waals surface area contributed by atoms with Crippen molar-refractivity contribution in [3.63, 3.8) is 0 Å². The molecule has 1 aliphatic rings. The van der Waals surface area contributed by atoms with E-state index in [1.807, 2.05) is 0 Å². The van der Waals surface area contributed by atoms with Gasteiger partial charge in [0.1, 0.15) is 0 Å². The molecule has 1 aliphatic carbocycles. The predicted octanol–water partition coefficient (Wildman–Crippen LogP) is 2.36. The quantitative estimate of drug-likeness (QED) is 0.611. The molecule has 0 fully saturated rings. The van der Waals surface area contributed by atoms with Crippen molar-refractivity contribution in [3.05, 3.63) is 34.9 Å². The molecule has 3 N–H and O–H groups in total. The average molecular weight is 262 g/mol. The number of hydrogen-bond donors (Lipinski definition) is 2. The summed E-state index contributed by atoms with van der Waals surface area (Å²) in [6, 6.07) is 6.99. The fourth-order valence-electron chi connectivity index (χ4n) is 2.97. The molecule has 0 saturated carbocycles. The largest absolute Gasteiger partial charge is 0.377 e. The molecule has 1 aromatic carbocycles. The molecule has 0 aliphatic heterocycles. The lowest BCUT2D eigenvalue weighted by Gasteiger charge is -2.35. The van der Waals surface area contributed by atoms with Gasteiger partial charge in [0.25, 0.3) is 0 Å². The monoisotopic (exact) mass is 262 g/mol. The number of hydrogen-bond acceptors (Lipinski definition) is 3. The first-order chi connectivity index (χ1) is 9.12. The van der Waals surface area contributed by atoms with Gasteiger partial charge in [-0.25, -0.2) is 0 Å². The molecule has 2 unspecified atom stereocenters. The van der Waals surface area contributed by atoms with Crippen LogP contribution in [-0.4, -0.2) is 18.8 Å². The smallest absolute Gasteiger partial charge is 0.0817 e. The highest BCUT2D eigenvalue weighted by Crippen LogP contribution is 2.26. The van der Waals surface area contributed by atoms with E-state index in [9.17, 15) is 0 Å². The van der Waals surface area contributed by atoms with Crippen molar-refractivity contribution in [1.82, 2.24) is 5.43 Å². The zero-order chi connectivity index (χ0) is 13.9. The Balaban J connectivity index is 2.14. The zero-order valence-electron chi connectivity index (χ0n) is 12.3. The Hall–Kier alpha value is -0.900. The number of nitrogens with two attached hydrogens (primary N) is 1. The Morgan fingerprint density at radius 1 is 1.37 bits per heavy atom. The molecule has 106 valence electrons. The minimum atomic E-state index is -0.228. The molecule has 3 heteroatoms. The molecule has 0 spiro atoms. The third-order valence-corrected chi connectivity index (χ3v) is 4.71. The summed E-state index contributed by atoms with van der Waals surface area (Å²) in [5, 5.41) is 0. The van der Waals surface area contributed by atoms with Crippen LogP contribution in [0.4, 0.5) is 0 Å². The van der Waals surface area contributed by atoms with Crippen molar-refractivity contribution in [2.45, 2.75) is 57.6 Å². The molecule has 2 rings (SSSR count). The van der Waals surface area contributed by atoms with Gasteiger partial charge in [-0.1, -0.05) is 25.1 Å². The Labute approximate surface area is 116 Å². The zero-order valence-corrected chi connectivity index (χ0v) is 12.3. The maximum absolute atomic E-state index is 5.74. The van der Waals surface area contributed by atoms with Crippen molar-refractivity contribution in [2.24, 2.45) is 5.84 Å². The Kier molecular flexibility index (Phi) is 4.61. The van der Waals surface area contributed by atoms with E-state index in [2.05, 4.69) is 37.5 Å². The summed E-state index contributed by atoms with van der Waals surface area (Å²) in [7, 11) is 1.76. The van der Waals surface area contributed by atoms with Crippen molar-refractivity contribution in [1.29, 1.82) is 0 Å². The lowest BCUT2D eigenvalue weighted by atomic mass is 9.88. The second-order valence-electron chi connectivity index (χ2n) is 5.75. The molecule has 0 heterocycles. The van der Waals surface area contributed by atoms with Gasteiger partial charge in [-0.2, -0.15) is 0 Å². The third-order valence-electron chi connectivity index (χ3n) is 4.71. The number of nitrogens with one attached hydrogen (secondary N) is 1. The summed E-state index contributed by atoms with van der Waals surface area (Å²) >= 11 is 0. The fourth-order valence-corrected chi connectivity index (χ4v) is 2.97. The molecular weight excluding hydrogens is 236 g/mol. The summed E-state index contributed by atoms with van der Waals surface area (Å²) in [4.78, 5) is 0. The molecule has 0 radical (unpaired) electrons. The Morgan fingerprint density at radius 2 is 2.11 bits per heavy atom. The lowest BCUT2D eigenvalue weighted by molar-refractivity contribution is -0.0288. The van der Waals surface area contributed by atoms with Gasteiger partial charge in [0.15, 0.2) is 0 Å². The molecule has 1 aromatic rings. The summed E-state index contributed by atoms with van der Waals surface area (Å²) in [5.74, 6) is 5.74. The summed E-state index contributed by atoms with van der Waals surface area (Å²) in [5.41, 5.74) is 7.09. The van der Waals surface area contributed by atoms with Crippen LogP contribution in [0.15, 0.2) is 18.2 Å². The van der Waals surface area contributed by atoms with Crippen LogP contribution in [0.3, 0.4) is 0 Å². The normalized spacial score (nSPS) is 18.9. The summed E-state index contributed by atoms with van der Waals surface area (Å²) in [6.07, 6.45) is 5.59. The van der Waals surface area contributed by atoms with Crippen LogP contribution in [0.5, 0.6) is 0 Å². The fraction of sp³-hybridized carbons (Fsp3) is 0.625. The Bertz CT molecular complexity index is 427. The topological polar surface area (TPSA) is 47.3 Å². The maximum atomic E-state index is 5.74. The van der Waals surface area contributed by atoms with Crippen molar-refractivity contribution >= 4 is 0 Å². The molecular formula is C16H26N2O. The Morgan fingerprint density at radius 3 is 2.74 bits per heavy atom. The SMILES string of the molecule is CCC(C)(OC)C(Cc1ccc2c(c1)CCC2)NN. The van der Waals surface area contributed by atoms with Gasteiger partial charge in [-0.05, 0) is 55.7 Å². The third kappa shape index (κ3) is 2.99. The van der Waals surface area contributed by atoms with E-state index in [-0.39, 0.29) is 11.6 Å². The lowest BCUT2D eigenvalue weighted by Crippen LogP contribution is -2.53. The number of hydrazine groups is 1. The first kappa shape index (κ1) is 14.5. The van der Waals surface area contributed by atoms with Gasteiger partial charge in [0.05, 0.1) is 11.6 Å². The first-order valence-electron chi connectivity index (χ1n) is 7.25. The maximum Gasteiger partial charge on any atom is 0.0817 e. The first-order valence-corrected chi connectivity index (χ1v) is 7.25. The number of ether oxygens (including phenoxy) is 1. The molecule has 0 bridgehead atoms. The highest BCUT2D eigenvalue weighted by atomic mass is 16.5. The van der Waals surface area contributed by atoms with Crippen LogP contribution in [0, 0.1) is 0 Å². The number of rotatable bonds is 6. The van der Waals surface area contributed by atoms with Gasteiger partial charge in [0.2, 0.25) is 0 Å². The standard InChI is InChI=1S/C16H26N2O/c1-4-16(2,19-3)15(18-17)11-12-8-9-13-6-5-7-14(13)10-12/h8-10,15,18H,4-7,11,17H2,1-3H3. The van der Waals surface area contributed by atoms with Crippen LogP contribution in [0.2, 0.25) is 0 Å². The number of fused-ring (bicyclic) bond motifs is 1. The molecule has 2 atom stereocenters. The predicted molar refractivity (Wildman–Crippen MR) is 79.0 cm³/mol. The summed E-state index contributed by atoms with van der Waals surface area (Å²) < 4.78 is 5.66. The van der Waals surface area contributed by atoms with E-state index in [1.165, 1.54) is 36.0 Å². The molecule has 0 amide bonds. The number of aryl methyl sites for hydroxylation is 2. The van der Waals surface area contributed by atoms with Crippen LogP contribution in [-0.2, 0) is 24.0 Å². The van der Waals surface area contributed by atoms with E-state index in [1.54, 1.807) is 7.11 Å². The molecule has 3 nitrogen and oxygen atoms in total. The van der Waals surface area contributed by atoms with Crippen LogP contribution < -0.4 is 11.3 Å². The van der Waals surface area contributed by atoms with Gasteiger partial charge < -0.3 is 4.74 Å². The van der Waals surface area contributed by atoms with E-state index in [0.717, 1.165) is 12.8 Å². The number of methoxy groups -OCH3 is 1. The minimum Gasteiger partial charge on any atom is -0.377 e. The van der Waals surface area contributed by atoms with Gasteiger partial charge in [-0.15, -0.1) is 0 Å². The highest BCUT2D eigenvalue weighted by Gasteiger charge is 2.32. The second-order valence-corrected chi connectivity index (χ2v) is 5.75. The molecule has 0 aromatic heterocycles. The van der Waals surface area contributed by atoms with Crippen LogP contribution in [0.1, 0.15) is 43.4 Å². The molecule has 19 heavy (non-hydrogen) atoms. The van der Waals surface area contributed by atoms with Crippen molar-refractivity contribution in [3.8, 4) is 0 Å². The average Bonchev–Trinajstić information content (AvgIpc) is 2.91. The van der Waals surface area contributed by atoms with E-state index in [0.29, 0.717) is 0 Å².